The molecule has 2 unspecified atom stereocenters. The first-order valence-electron chi connectivity index (χ1n) is 6.70. The van der Waals surface area contributed by atoms with E-state index in [9.17, 15) is 9.00 Å². The molecule has 2 atom stereocenters. The van der Waals surface area contributed by atoms with E-state index in [4.69, 9.17) is 5.73 Å². The monoisotopic (exact) mass is 360 g/mol. The number of nitrogens with one attached hydrogen (secondary N) is 1. The number of anilines is 1. The van der Waals surface area contributed by atoms with Crippen LogP contribution in [0, 0.1) is 0 Å². The third-order valence-corrected chi connectivity index (χ3v) is 5.51. The van der Waals surface area contributed by atoms with Crippen LogP contribution in [-0.4, -0.2) is 21.9 Å². The summed E-state index contributed by atoms with van der Waals surface area (Å²) in [5, 5.41) is 2.24. The summed E-state index contributed by atoms with van der Waals surface area (Å²) in [4.78, 5) is 12.5. The van der Waals surface area contributed by atoms with Crippen molar-refractivity contribution in [2.24, 2.45) is 0 Å². The zero-order valence-electron chi connectivity index (χ0n) is 11.8. The van der Waals surface area contributed by atoms with Crippen LogP contribution in [0.25, 0.3) is 0 Å². The fraction of sp³-hybridized carbons (Fsp3) is 0.500. The number of rotatable bonds is 7. The van der Waals surface area contributed by atoms with Crippen molar-refractivity contribution in [3.05, 3.63) is 22.7 Å². The summed E-state index contributed by atoms with van der Waals surface area (Å²) in [5.74, 6) is -0.178. The number of unbranched alkanes of at least 4 members (excludes halogenated alkanes) is 2. The van der Waals surface area contributed by atoms with Crippen LogP contribution < -0.4 is 11.1 Å². The molecule has 1 amide bonds. The molecular weight excluding hydrogens is 340 g/mol. The van der Waals surface area contributed by atoms with E-state index in [1.165, 1.54) is 0 Å². The molecule has 0 radical (unpaired) electrons. The van der Waals surface area contributed by atoms with Crippen LogP contribution in [0.1, 0.15) is 33.1 Å². The summed E-state index contributed by atoms with van der Waals surface area (Å²) in [6, 6.07) is 5.07. The van der Waals surface area contributed by atoms with Crippen LogP contribution in [0.2, 0.25) is 0 Å². The molecule has 6 heteroatoms. The maximum atomic E-state index is 12.4. The molecule has 3 N–H and O–H groups in total. The molecule has 0 aromatic heterocycles. The average Bonchev–Trinajstić information content (AvgIpc) is 2.42. The Hall–Kier alpha value is -0.880. The second-order valence-corrected chi connectivity index (χ2v) is 7.22. The Labute approximate surface area is 131 Å². The number of nitrogens with two attached hydrogens (primary N) is 1. The van der Waals surface area contributed by atoms with Crippen molar-refractivity contribution >= 4 is 38.3 Å². The second kappa shape index (κ2) is 8.42. The van der Waals surface area contributed by atoms with Crippen molar-refractivity contribution in [2.75, 3.05) is 12.3 Å². The van der Waals surface area contributed by atoms with Gasteiger partial charge >= 0.3 is 0 Å². The first-order chi connectivity index (χ1) is 9.47. The minimum atomic E-state index is -1.40. The molecule has 0 fully saturated rings. The van der Waals surface area contributed by atoms with Gasteiger partial charge in [-0.15, -0.1) is 0 Å². The molecule has 0 bridgehead atoms. The highest BCUT2D eigenvalue weighted by Gasteiger charge is 2.22. The second-order valence-electron chi connectivity index (χ2n) is 4.63. The van der Waals surface area contributed by atoms with E-state index in [0.717, 1.165) is 19.3 Å². The molecule has 0 heterocycles. The van der Waals surface area contributed by atoms with Crippen LogP contribution in [0.3, 0.4) is 0 Å². The molecule has 0 spiro atoms. The van der Waals surface area contributed by atoms with Gasteiger partial charge in [-0.1, -0.05) is 19.8 Å². The molecule has 0 aliphatic carbocycles. The third kappa shape index (κ3) is 4.90. The SMILES string of the molecule is CCCCCNC(=O)C(C)S(=O)c1ccc(N)cc1Br. The van der Waals surface area contributed by atoms with Gasteiger partial charge in [0, 0.05) is 16.7 Å². The van der Waals surface area contributed by atoms with E-state index in [0.29, 0.717) is 21.6 Å². The number of hydrogen-bond donors (Lipinski definition) is 2. The van der Waals surface area contributed by atoms with E-state index < -0.39 is 16.0 Å². The minimum Gasteiger partial charge on any atom is -0.399 e. The number of nitrogen functional groups attached to an aromatic ring is 1. The van der Waals surface area contributed by atoms with E-state index in [1.54, 1.807) is 25.1 Å². The fourth-order valence-corrected chi connectivity index (χ4v) is 3.69. The van der Waals surface area contributed by atoms with Crippen LogP contribution in [0.15, 0.2) is 27.6 Å². The van der Waals surface area contributed by atoms with E-state index in [1.807, 2.05) is 0 Å². The van der Waals surface area contributed by atoms with Crippen molar-refractivity contribution in [1.29, 1.82) is 0 Å². The van der Waals surface area contributed by atoms with E-state index >= 15 is 0 Å². The van der Waals surface area contributed by atoms with Gasteiger partial charge in [0.25, 0.3) is 0 Å². The normalized spacial score (nSPS) is 13.8. The van der Waals surface area contributed by atoms with Crippen LogP contribution in [-0.2, 0) is 15.6 Å². The van der Waals surface area contributed by atoms with Crippen molar-refractivity contribution in [3.63, 3.8) is 0 Å². The molecule has 4 nitrogen and oxygen atoms in total. The zero-order valence-corrected chi connectivity index (χ0v) is 14.2. The van der Waals surface area contributed by atoms with Crippen molar-refractivity contribution in [1.82, 2.24) is 5.32 Å². The Kier molecular flexibility index (Phi) is 7.23. The van der Waals surface area contributed by atoms with Gasteiger partial charge in [-0.05, 0) is 47.5 Å². The minimum absolute atomic E-state index is 0.178. The largest absolute Gasteiger partial charge is 0.399 e. The smallest absolute Gasteiger partial charge is 0.235 e. The fourth-order valence-electron chi connectivity index (χ4n) is 1.70. The van der Waals surface area contributed by atoms with Gasteiger partial charge < -0.3 is 11.1 Å². The lowest BCUT2D eigenvalue weighted by Gasteiger charge is -2.13. The van der Waals surface area contributed by atoms with E-state index in [2.05, 4.69) is 28.2 Å². The van der Waals surface area contributed by atoms with Gasteiger partial charge in [0.1, 0.15) is 5.25 Å². The quantitative estimate of drug-likeness (QED) is 0.579. The Morgan fingerprint density at radius 1 is 1.45 bits per heavy atom. The summed E-state index contributed by atoms with van der Waals surface area (Å²) >= 11 is 3.33. The predicted molar refractivity (Wildman–Crippen MR) is 87.0 cm³/mol. The molecule has 1 aromatic rings. The predicted octanol–water partition coefficient (Wildman–Crippen LogP) is 2.83. The van der Waals surface area contributed by atoms with Crippen molar-refractivity contribution < 1.29 is 9.00 Å². The summed E-state index contributed by atoms with van der Waals surface area (Å²) < 4.78 is 13.1. The Bertz CT molecular complexity index is 494. The Morgan fingerprint density at radius 2 is 2.15 bits per heavy atom. The van der Waals surface area contributed by atoms with Crippen LogP contribution in [0.5, 0.6) is 0 Å². The Morgan fingerprint density at radius 3 is 2.75 bits per heavy atom. The number of halogens is 1. The van der Waals surface area contributed by atoms with E-state index in [-0.39, 0.29) is 5.91 Å². The molecule has 1 rings (SSSR count). The highest BCUT2D eigenvalue weighted by Crippen LogP contribution is 2.24. The van der Waals surface area contributed by atoms with Crippen LogP contribution in [0.4, 0.5) is 5.69 Å². The molecule has 0 aliphatic rings. The van der Waals surface area contributed by atoms with Gasteiger partial charge in [0.05, 0.1) is 15.7 Å². The summed E-state index contributed by atoms with van der Waals surface area (Å²) in [6.45, 7) is 4.42. The van der Waals surface area contributed by atoms with Gasteiger partial charge in [0.15, 0.2) is 0 Å². The van der Waals surface area contributed by atoms with Crippen molar-refractivity contribution in [3.8, 4) is 0 Å². The lowest BCUT2D eigenvalue weighted by molar-refractivity contribution is -0.120. The first kappa shape index (κ1) is 17.2. The van der Waals surface area contributed by atoms with Gasteiger partial charge in [0.2, 0.25) is 5.91 Å². The number of hydrogen-bond acceptors (Lipinski definition) is 3. The number of carbonyl (C=O) groups excluding carboxylic acids is 1. The van der Waals surface area contributed by atoms with Gasteiger partial charge in [-0.2, -0.15) is 0 Å². The summed E-state index contributed by atoms with van der Waals surface area (Å²) in [5.41, 5.74) is 6.24. The molecule has 112 valence electrons. The highest BCUT2D eigenvalue weighted by atomic mass is 79.9. The number of benzene rings is 1. The maximum Gasteiger partial charge on any atom is 0.235 e. The molecule has 0 saturated carbocycles. The van der Waals surface area contributed by atoms with Gasteiger partial charge in [-0.25, -0.2) is 0 Å². The lowest BCUT2D eigenvalue weighted by atomic mass is 10.2. The number of carbonyl (C=O) groups is 1. The molecule has 0 aliphatic heterocycles. The number of amides is 1. The summed E-state index contributed by atoms with van der Waals surface area (Å²) in [6.07, 6.45) is 3.14. The maximum absolute atomic E-state index is 12.4. The molecule has 20 heavy (non-hydrogen) atoms. The molecule has 1 aromatic carbocycles. The van der Waals surface area contributed by atoms with Crippen LogP contribution >= 0.6 is 15.9 Å². The Balaban J connectivity index is 2.64. The molecular formula is C14H21BrN2O2S. The standard InChI is InChI=1S/C14H21BrN2O2S/c1-3-4-5-8-17-14(18)10(2)20(19)13-7-6-11(16)9-12(13)15/h6-7,9-10H,3-5,8,16H2,1-2H3,(H,17,18). The zero-order chi connectivity index (χ0) is 15.1. The topological polar surface area (TPSA) is 72.2 Å². The third-order valence-electron chi connectivity index (χ3n) is 2.94. The van der Waals surface area contributed by atoms with Gasteiger partial charge in [-0.3, -0.25) is 9.00 Å². The highest BCUT2D eigenvalue weighted by molar-refractivity contribution is 9.10. The average molecular weight is 361 g/mol. The molecule has 0 saturated heterocycles. The first-order valence-corrected chi connectivity index (χ1v) is 8.71. The lowest BCUT2D eigenvalue weighted by Crippen LogP contribution is -2.36. The summed E-state index contributed by atoms with van der Waals surface area (Å²) in [7, 11) is -1.40. The van der Waals surface area contributed by atoms with Crippen molar-refractivity contribution in [2.45, 2.75) is 43.3 Å².